The molecule has 0 bridgehead atoms. The molecule has 1 unspecified atom stereocenters. The third-order valence-corrected chi connectivity index (χ3v) is 11.3. The summed E-state index contributed by atoms with van der Waals surface area (Å²) in [6, 6.07) is 0. The van der Waals surface area contributed by atoms with E-state index < -0.39 is 6.10 Å². The third-order valence-electron chi connectivity index (χ3n) is 11.3. The molecule has 0 aromatic heterocycles. The lowest BCUT2D eigenvalue weighted by molar-refractivity contribution is -0.166. The first-order valence-electron chi connectivity index (χ1n) is 27.4. The minimum absolute atomic E-state index is 0.103. The average molecular weight is 929 g/mol. The summed E-state index contributed by atoms with van der Waals surface area (Å²) in [6.07, 6.45) is 73.7. The van der Waals surface area contributed by atoms with E-state index in [9.17, 15) is 14.4 Å². The van der Waals surface area contributed by atoms with Crippen LogP contribution in [0.2, 0.25) is 0 Å². The van der Waals surface area contributed by atoms with Crippen molar-refractivity contribution in [2.24, 2.45) is 0 Å². The van der Waals surface area contributed by atoms with Crippen LogP contribution in [0.15, 0.2) is 109 Å². The maximum atomic E-state index is 12.8. The van der Waals surface area contributed by atoms with Gasteiger partial charge in [-0.15, -0.1) is 0 Å². The molecular weight excluding hydrogens is 829 g/mol. The van der Waals surface area contributed by atoms with Crippen molar-refractivity contribution in [2.45, 2.75) is 245 Å². The zero-order valence-electron chi connectivity index (χ0n) is 43.4. The molecule has 0 aromatic carbocycles. The number of allylic oxidation sites excluding steroid dienone is 18. The molecule has 0 rings (SSSR count). The quantitative estimate of drug-likeness (QED) is 0.0262. The molecular formula is C61H100O6. The van der Waals surface area contributed by atoms with Crippen LogP contribution in [0.4, 0.5) is 0 Å². The van der Waals surface area contributed by atoms with Crippen LogP contribution < -0.4 is 0 Å². The molecule has 67 heavy (non-hydrogen) atoms. The summed E-state index contributed by atoms with van der Waals surface area (Å²) in [5.41, 5.74) is 0. The zero-order chi connectivity index (χ0) is 48.6. The molecule has 0 spiro atoms. The minimum Gasteiger partial charge on any atom is -0.462 e. The van der Waals surface area contributed by atoms with Gasteiger partial charge in [-0.1, -0.05) is 239 Å². The molecule has 6 heteroatoms. The van der Waals surface area contributed by atoms with Crippen LogP contribution in [-0.2, 0) is 28.6 Å². The van der Waals surface area contributed by atoms with E-state index in [1.165, 1.54) is 89.9 Å². The van der Waals surface area contributed by atoms with Crippen molar-refractivity contribution in [3.8, 4) is 0 Å². The number of carbonyl (C=O) groups excluding carboxylic acids is 3. The summed E-state index contributed by atoms with van der Waals surface area (Å²) in [7, 11) is 0. The predicted molar refractivity (Wildman–Crippen MR) is 288 cm³/mol. The first-order chi connectivity index (χ1) is 33.0. The number of hydrogen-bond acceptors (Lipinski definition) is 6. The van der Waals surface area contributed by atoms with Crippen molar-refractivity contribution in [1.29, 1.82) is 0 Å². The van der Waals surface area contributed by atoms with Crippen LogP contribution in [0, 0.1) is 0 Å². The van der Waals surface area contributed by atoms with Gasteiger partial charge in [0, 0.05) is 19.3 Å². The van der Waals surface area contributed by atoms with E-state index in [0.717, 1.165) is 103 Å². The van der Waals surface area contributed by atoms with Crippen molar-refractivity contribution in [3.05, 3.63) is 109 Å². The lowest BCUT2D eigenvalue weighted by Gasteiger charge is -2.18. The van der Waals surface area contributed by atoms with Gasteiger partial charge in [0.1, 0.15) is 13.2 Å². The number of esters is 3. The highest BCUT2D eigenvalue weighted by Crippen LogP contribution is 2.15. The van der Waals surface area contributed by atoms with Gasteiger partial charge in [0.2, 0.25) is 0 Å². The highest BCUT2D eigenvalue weighted by atomic mass is 16.6. The molecule has 0 saturated heterocycles. The van der Waals surface area contributed by atoms with Crippen LogP contribution in [0.3, 0.4) is 0 Å². The molecule has 0 fully saturated rings. The summed E-state index contributed by atoms with van der Waals surface area (Å²) in [6.45, 7) is 6.34. The molecule has 0 aliphatic carbocycles. The fraction of sp³-hybridized carbons (Fsp3) is 0.656. The Hall–Kier alpha value is -3.93. The molecule has 0 aliphatic rings. The molecule has 6 nitrogen and oxygen atoms in total. The second kappa shape index (κ2) is 54.7. The van der Waals surface area contributed by atoms with Crippen LogP contribution >= 0.6 is 0 Å². The first kappa shape index (κ1) is 63.1. The van der Waals surface area contributed by atoms with E-state index in [4.69, 9.17) is 14.2 Å². The molecule has 0 heterocycles. The normalized spacial score (nSPS) is 12.9. The predicted octanol–water partition coefficient (Wildman–Crippen LogP) is 18.3. The summed E-state index contributed by atoms with van der Waals surface area (Å²) in [5.74, 6) is -0.999. The largest absolute Gasteiger partial charge is 0.462 e. The molecule has 0 saturated carbocycles. The molecule has 0 N–H and O–H groups in total. The topological polar surface area (TPSA) is 78.9 Å². The van der Waals surface area contributed by atoms with Crippen LogP contribution in [0.1, 0.15) is 239 Å². The lowest BCUT2D eigenvalue weighted by Crippen LogP contribution is -2.30. The van der Waals surface area contributed by atoms with Crippen molar-refractivity contribution < 1.29 is 28.6 Å². The standard InChI is InChI=1S/C61H100O6/c1-4-7-10-13-16-19-22-24-26-28-30-32-34-36-39-42-45-48-51-54-60(63)66-57-58(56-65-59(62)53-50-47-44-41-38-21-18-15-12-9-6-3)67-61(64)55-52-49-46-43-40-37-35-33-31-29-27-25-23-20-17-14-11-8-5-2/h7-8,10-11,16-17,19-20,24-27,30,32,36,39,45,48,58H,4-6,9,12-15,18,21-23,28-29,31,33-35,37-38,40-44,46-47,49-57H2,1-3H3/b10-7-,11-8-,19-16-,20-17-,26-24-,27-25-,32-30-,39-36-,48-45-. The Labute approximate surface area is 412 Å². The van der Waals surface area contributed by atoms with E-state index >= 15 is 0 Å². The molecule has 0 aromatic rings. The Morgan fingerprint density at radius 2 is 0.612 bits per heavy atom. The maximum absolute atomic E-state index is 12.8. The fourth-order valence-corrected chi connectivity index (χ4v) is 7.25. The van der Waals surface area contributed by atoms with Gasteiger partial charge in [-0.25, -0.2) is 0 Å². The van der Waals surface area contributed by atoms with Crippen molar-refractivity contribution in [1.82, 2.24) is 0 Å². The van der Waals surface area contributed by atoms with E-state index in [0.29, 0.717) is 19.3 Å². The van der Waals surface area contributed by atoms with E-state index in [2.05, 4.69) is 124 Å². The summed E-state index contributed by atoms with van der Waals surface area (Å²) in [5, 5.41) is 0. The lowest BCUT2D eigenvalue weighted by atomic mass is 10.1. The third kappa shape index (κ3) is 52.9. The Kier molecular flexibility index (Phi) is 51.5. The van der Waals surface area contributed by atoms with Crippen LogP contribution in [0.5, 0.6) is 0 Å². The number of unbranched alkanes of at least 4 members (excludes halogenated alkanes) is 19. The van der Waals surface area contributed by atoms with Gasteiger partial charge in [0.25, 0.3) is 0 Å². The number of rotatable bonds is 48. The Morgan fingerprint density at radius 1 is 0.313 bits per heavy atom. The van der Waals surface area contributed by atoms with E-state index in [-0.39, 0.29) is 37.5 Å². The minimum atomic E-state index is -0.811. The summed E-state index contributed by atoms with van der Waals surface area (Å²) in [4.78, 5) is 38.0. The van der Waals surface area contributed by atoms with Gasteiger partial charge in [0.15, 0.2) is 6.10 Å². The first-order valence-corrected chi connectivity index (χ1v) is 27.4. The summed E-state index contributed by atoms with van der Waals surface area (Å²) < 4.78 is 16.8. The second-order valence-corrected chi connectivity index (χ2v) is 17.7. The summed E-state index contributed by atoms with van der Waals surface area (Å²) >= 11 is 0. The number of hydrogen-bond donors (Lipinski definition) is 0. The van der Waals surface area contributed by atoms with E-state index in [1.54, 1.807) is 0 Å². The van der Waals surface area contributed by atoms with Gasteiger partial charge in [0.05, 0.1) is 0 Å². The van der Waals surface area contributed by atoms with Crippen molar-refractivity contribution in [3.63, 3.8) is 0 Å². The highest BCUT2D eigenvalue weighted by molar-refractivity contribution is 5.71. The Morgan fingerprint density at radius 3 is 1.00 bits per heavy atom. The maximum Gasteiger partial charge on any atom is 0.306 e. The molecule has 0 radical (unpaired) electrons. The van der Waals surface area contributed by atoms with Gasteiger partial charge >= 0.3 is 17.9 Å². The Balaban J connectivity index is 4.47. The molecule has 1 atom stereocenters. The monoisotopic (exact) mass is 929 g/mol. The van der Waals surface area contributed by atoms with Crippen LogP contribution in [-0.4, -0.2) is 37.2 Å². The smallest absolute Gasteiger partial charge is 0.306 e. The molecule has 380 valence electrons. The fourth-order valence-electron chi connectivity index (χ4n) is 7.25. The molecule has 0 amide bonds. The van der Waals surface area contributed by atoms with E-state index in [1.807, 2.05) is 6.08 Å². The zero-order valence-corrected chi connectivity index (χ0v) is 43.4. The Bertz CT molecular complexity index is 1390. The van der Waals surface area contributed by atoms with Crippen LogP contribution in [0.25, 0.3) is 0 Å². The highest BCUT2D eigenvalue weighted by Gasteiger charge is 2.19. The molecule has 0 aliphatic heterocycles. The van der Waals surface area contributed by atoms with Gasteiger partial charge in [-0.05, 0) is 89.9 Å². The van der Waals surface area contributed by atoms with Gasteiger partial charge in [-0.3, -0.25) is 14.4 Å². The second-order valence-electron chi connectivity index (χ2n) is 17.7. The van der Waals surface area contributed by atoms with Gasteiger partial charge < -0.3 is 14.2 Å². The van der Waals surface area contributed by atoms with Crippen molar-refractivity contribution >= 4 is 17.9 Å². The SMILES string of the molecule is CC/C=C\C/C=C\C/C=C\C/C=C\C/C=C\C/C=C\CCC(=O)OCC(COC(=O)CCCCCCCCCCCCC)OC(=O)CCCCCCCCCCC/C=C\C/C=C\C/C=C\CC. The van der Waals surface area contributed by atoms with Crippen molar-refractivity contribution in [2.75, 3.05) is 13.2 Å². The van der Waals surface area contributed by atoms with Gasteiger partial charge in [-0.2, -0.15) is 0 Å². The number of ether oxygens (including phenoxy) is 3. The number of carbonyl (C=O) groups is 3. The average Bonchev–Trinajstić information content (AvgIpc) is 3.33.